The largest absolute Gasteiger partial charge is 0.456 e. The Balaban J connectivity index is 2.85. The van der Waals surface area contributed by atoms with E-state index in [4.69, 9.17) is 9.84 Å². The summed E-state index contributed by atoms with van der Waals surface area (Å²) >= 11 is 0. The first-order valence-corrected chi connectivity index (χ1v) is 6.81. The van der Waals surface area contributed by atoms with Gasteiger partial charge in [0.15, 0.2) is 5.82 Å². The first kappa shape index (κ1) is 16.6. The van der Waals surface area contributed by atoms with E-state index in [2.05, 4.69) is 4.98 Å². The van der Waals surface area contributed by atoms with Crippen molar-refractivity contribution in [3.05, 3.63) is 29.3 Å². The zero-order valence-electron chi connectivity index (χ0n) is 12.3. The van der Waals surface area contributed by atoms with Crippen molar-refractivity contribution >= 4 is 5.97 Å². The zero-order chi connectivity index (χ0) is 15.2. The lowest BCUT2D eigenvalue weighted by Crippen LogP contribution is -2.25. The van der Waals surface area contributed by atoms with E-state index in [1.807, 2.05) is 0 Å². The fourth-order valence-electron chi connectivity index (χ4n) is 1.83. The number of nitrogens with zero attached hydrogens (tertiary/aromatic N) is 1. The standard InChI is InChI=1S/C15H22FNO3/c1-15(2,3)20-14(19)13-11(7-5-4-6-8-18)9-17-10-12(13)16/h9-10,18H,4-8H2,1-3H3. The summed E-state index contributed by atoms with van der Waals surface area (Å²) in [6.07, 6.45) is 5.35. The number of pyridine rings is 1. The monoisotopic (exact) mass is 283 g/mol. The van der Waals surface area contributed by atoms with Crippen LogP contribution in [0.15, 0.2) is 12.4 Å². The normalized spacial score (nSPS) is 11.4. The molecule has 0 saturated carbocycles. The topological polar surface area (TPSA) is 59.4 Å². The average Bonchev–Trinajstić information content (AvgIpc) is 2.32. The number of hydrogen-bond donors (Lipinski definition) is 1. The van der Waals surface area contributed by atoms with Crippen molar-refractivity contribution in [1.82, 2.24) is 4.98 Å². The first-order chi connectivity index (χ1) is 9.35. The molecule has 1 heterocycles. The number of hydrogen-bond acceptors (Lipinski definition) is 4. The number of rotatable bonds is 6. The van der Waals surface area contributed by atoms with E-state index in [9.17, 15) is 9.18 Å². The van der Waals surface area contributed by atoms with Crippen LogP contribution in [-0.2, 0) is 11.2 Å². The van der Waals surface area contributed by atoms with E-state index in [1.165, 1.54) is 6.20 Å². The minimum Gasteiger partial charge on any atom is -0.456 e. The summed E-state index contributed by atoms with van der Waals surface area (Å²) < 4.78 is 19.1. The number of unbranched alkanes of at least 4 members (excludes halogenated alkanes) is 2. The lowest BCUT2D eigenvalue weighted by molar-refractivity contribution is 0.00631. The van der Waals surface area contributed by atoms with Gasteiger partial charge in [0.1, 0.15) is 11.2 Å². The second kappa shape index (κ2) is 7.33. The predicted octanol–water partition coefficient (Wildman–Crippen LogP) is 2.88. The van der Waals surface area contributed by atoms with E-state index < -0.39 is 17.4 Å². The van der Waals surface area contributed by atoms with Crippen LogP contribution in [0.4, 0.5) is 4.39 Å². The van der Waals surface area contributed by atoms with Crippen molar-refractivity contribution in [2.75, 3.05) is 6.61 Å². The lowest BCUT2D eigenvalue weighted by atomic mass is 10.0. The van der Waals surface area contributed by atoms with Crippen molar-refractivity contribution in [1.29, 1.82) is 0 Å². The van der Waals surface area contributed by atoms with Gasteiger partial charge in [0.2, 0.25) is 0 Å². The summed E-state index contributed by atoms with van der Waals surface area (Å²) in [6, 6.07) is 0. The number of aliphatic hydroxyl groups is 1. The molecule has 0 aliphatic rings. The highest BCUT2D eigenvalue weighted by molar-refractivity contribution is 5.91. The van der Waals surface area contributed by atoms with Crippen molar-refractivity contribution in [2.24, 2.45) is 0 Å². The van der Waals surface area contributed by atoms with Crippen LogP contribution in [0.3, 0.4) is 0 Å². The van der Waals surface area contributed by atoms with Gasteiger partial charge in [-0.1, -0.05) is 6.42 Å². The molecule has 20 heavy (non-hydrogen) atoms. The Morgan fingerprint density at radius 1 is 1.30 bits per heavy atom. The Labute approximate surface area is 119 Å². The number of esters is 1. The van der Waals surface area contributed by atoms with Gasteiger partial charge in [-0.05, 0) is 45.6 Å². The second-order valence-electron chi connectivity index (χ2n) is 5.69. The number of aliphatic hydroxyl groups excluding tert-OH is 1. The third-order valence-electron chi connectivity index (χ3n) is 2.69. The van der Waals surface area contributed by atoms with Gasteiger partial charge in [-0.15, -0.1) is 0 Å². The zero-order valence-corrected chi connectivity index (χ0v) is 12.3. The van der Waals surface area contributed by atoms with Crippen LogP contribution in [0.1, 0.15) is 56.0 Å². The molecule has 1 rings (SSSR count). The number of halogens is 1. The number of carbonyl (C=O) groups is 1. The Bertz CT molecular complexity index is 455. The van der Waals surface area contributed by atoms with Crippen molar-refractivity contribution in [3.63, 3.8) is 0 Å². The first-order valence-electron chi connectivity index (χ1n) is 6.81. The molecule has 0 fully saturated rings. The molecule has 1 aromatic rings. The third-order valence-corrected chi connectivity index (χ3v) is 2.69. The van der Waals surface area contributed by atoms with Gasteiger partial charge in [-0.25, -0.2) is 9.18 Å². The van der Waals surface area contributed by atoms with Crippen molar-refractivity contribution in [2.45, 2.75) is 52.1 Å². The molecule has 0 aliphatic heterocycles. The van der Waals surface area contributed by atoms with E-state index in [0.29, 0.717) is 18.4 Å². The Hall–Kier alpha value is -1.49. The van der Waals surface area contributed by atoms with Gasteiger partial charge in [0.05, 0.1) is 6.20 Å². The fourth-order valence-corrected chi connectivity index (χ4v) is 1.83. The molecule has 112 valence electrons. The highest BCUT2D eigenvalue weighted by Crippen LogP contribution is 2.19. The number of aryl methyl sites for hydroxylation is 1. The molecule has 0 aliphatic carbocycles. The molecule has 0 bridgehead atoms. The van der Waals surface area contributed by atoms with Gasteiger partial charge in [-0.2, -0.15) is 0 Å². The van der Waals surface area contributed by atoms with E-state index in [0.717, 1.165) is 19.0 Å². The quantitative estimate of drug-likeness (QED) is 0.644. The van der Waals surface area contributed by atoms with E-state index >= 15 is 0 Å². The minimum atomic E-state index is -0.666. The summed E-state index contributed by atoms with van der Waals surface area (Å²) in [5.41, 5.74) is -0.142. The Morgan fingerprint density at radius 3 is 2.60 bits per heavy atom. The van der Waals surface area contributed by atoms with Crippen LogP contribution < -0.4 is 0 Å². The van der Waals surface area contributed by atoms with Gasteiger partial charge < -0.3 is 9.84 Å². The van der Waals surface area contributed by atoms with Gasteiger partial charge in [0, 0.05) is 12.8 Å². The van der Waals surface area contributed by atoms with Gasteiger partial charge in [-0.3, -0.25) is 4.98 Å². The molecule has 1 aromatic heterocycles. The van der Waals surface area contributed by atoms with Crippen molar-refractivity contribution < 1.29 is 19.0 Å². The molecule has 0 amide bonds. The van der Waals surface area contributed by atoms with Gasteiger partial charge >= 0.3 is 5.97 Å². The highest BCUT2D eigenvalue weighted by Gasteiger charge is 2.23. The maximum atomic E-state index is 13.8. The smallest absolute Gasteiger partial charge is 0.342 e. The molecule has 0 atom stereocenters. The second-order valence-corrected chi connectivity index (χ2v) is 5.69. The van der Waals surface area contributed by atoms with E-state index in [1.54, 1.807) is 20.8 Å². The number of aromatic nitrogens is 1. The molecule has 0 unspecified atom stereocenters. The maximum absolute atomic E-state index is 13.8. The van der Waals surface area contributed by atoms with Crippen molar-refractivity contribution in [3.8, 4) is 0 Å². The van der Waals surface area contributed by atoms with Gasteiger partial charge in [0.25, 0.3) is 0 Å². The summed E-state index contributed by atoms with van der Waals surface area (Å²) in [7, 11) is 0. The number of carbonyl (C=O) groups excluding carboxylic acids is 1. The molecular weight excluding hydrogens is 261 g/mol. The van der Waals surface area contributed by atoms with Crippen LogP contribution in [0.25, 0.3) is 0 Å². The lowest BCUT2D eigenvalue weighted by Gasteiger charge is -2.20. The maximum Gasteiger partial charge on any atom is 0.342 e. The molecule has 5 heteroatoms. The molecule has 0 aromatic carbocycles. The number of ether oxygens (including phenoxy) is 1. The van der Waals surface area contributed by atoms with Crippen LogP contribution in [-0.4, -0.2) is 28.3 Å². The Morgan fingerprint density at radius 2 is 2.00 bits per heavy atom. The summed E-state index contributed by atoms with van der Waals surface area (Å²) in [4.78, 5) is 15.9. The molecule has 1 N–H and O–H groups in total. The van der Waals surface area contributed by atoms with Crippen LogP contribution in [0.2, 0.25) is 0 Å². The summed E-state index contributed by atoms with van der Waals surface area (Å²) in [5.74, 6) is -1.31. The highest BCUT2D eigenvalue weighted by atomic mass is 19.1. The average molecular weight is 283 g/mol. The molecule has 4 nitrogen and oxygen atoms in total. The summed E-state index contributed by atoms with van der Waals surface area (Å²) in [6.45, 7) is 5.36. The summed E-state index contributed by atoms with van der Waals surface area (Å²) in [5, 5.41) is 8.73. The minimum absolute atomic E-state index is 0.0288. The SMILES string of the molecule is CC(C)(C)OC(=O)c1c(F)cncc1CCCCCO. The van der Waals surface area contributed by atoms with Crippen LogP contribution in [0.5, 0.6) is 0 Å². The molecule has 0 saturated heterocycles. The third kappa shape index (κ3) is 5.25. The molecule has 0 spiro atoms. The van der Waals surface area contributed by atoms with E-state index in [-0.39, 0.29) is 12.2 Å². The molecule has 0 radical (unpaired) electrons. The fraction of sp³-hybridized carbons (Fsp3) is 0.600. The predicted molar refractivity (Wildman–Crippen MR) is 74.0 cm³/mol. The Kier molecular flexibility index (Phi) is 6.07. The molecular formula is C15H22FNO3. The van der Waals surface area contributed by atoms with Crippen LogP contribution in [0, 0.1) is 5.82 Å². The van der Waals surface area contributed by atoms with Crippen LogP contribution >= 0.6 is 0 Å².